The third-order valence-corrected chi connectivity index (χ3v) is 1.46. The van der Waals surface area contributed by atoms with Crippen LogP contribution < -0.4 is 5.32 Å². The second kappa shape index (κ2) is 4.16. The fraction of sp³-hybridized carbons (Fsp3) is 0.250. The van der Waals surface area contributed by atoms with Crippen molar-refractivity contribution in [2.45, 2.75) is 6.18 Å². The van der Waals surface area contributed by atoms with E-state index in [-0.39, 0.29) is 5.82 Å². The van der Waals surface area contributed by atoms with Gasteiger partial charge in [-0.15, -0.1) is 0 Å². The van der Waals surface area contributed by atoms with Crippen LogP contribution in [0.1, 0.15) is 5.69 Å². The maximum atomic E-state index is 12.2. The molecule has 82 valence electrons. The number of alkyl halides is 3. The first kappa shape index (κ1) is 11.3. The van der Waals surface area contributed by atoms with Gasteiger partial charge >= 0.3 is 12.1 Å². The normalized spacial score (nSPS) is 11.1. The second-order valence-electron chi connectivity index (χ2n) is 2.65. The van der Waals surface area contributed by atoms with Gasteiger partial charge in [-0.1, -0.05) is 6.07 Å². The fourth-order valence-electron chi connectivity index (χ4n) is 0.857. The van der Waals surface area contributed by atoms with E-state index in [1.54, 1.807) is 0 Å². The summed E-state index contributed by atoms with van der Waals surface area (Å²) < 4.78 is 36.5. The van der Waals surface area contributed by atoms with Crippen LogP contribution in [0.2, 0.25) is 0 Å². The van der Waals surface area contributed by atoms with Gasteiger partial charge in [0.05, 0.1) is 0 Å². The zero-order valence-corrected chi connectivity index (χ0v) is 7.38. The molecule has 0 atom stereocenters. The lowest BCUT2D eigenvalue weighted by atomic mass is 10.3. The van der Waals surface area contributed by atoms with Gasteiger partial charge < -0.3 is 10.4 Å². The Labute approximate surface area is 82.7 Å². The highest BCUT2D eigenvalue weighted by atomic mass is 19.4. The molecule has 0 aliphatic heterocycles. The number of carbonyl (C=O) groups is 1. The summed E-state index contributed by atoms with van der Waals surface area (Å²) in [5.74, 6) is -1.29. The van der Waals surface area contributed by atoms with Crippen molar-refractivity contribution in [1.82, 2.24) is 4.98 Å². The molecule has 0 bridgehead atoms. The van der Waals surface area contributed by atoms with Crippen LogP contribution in [0, 0.1) is 0 Å². The van der Waals surface area contributed by atoms with Crippen molar-refractivity contribution in [2.24, 2.45) is 0 Å². The van der Waals surface area contributed by atoms with Crippen LogP contribution in [0.5, 0.6) is 0 Å². The number of hydrogen-bond donors (Lipinski definition) is 2. The van der Waals surface area contributed by atoms with E-state index in [2.05, 4.69) is 10.3 Å². The lowest BCUT2D eigenvalue weighted by Gasteiger charge is -2.07. The lowest BCUT2D eigenvalue weighted by molar-refractivity contribution is -0.141. The standard InChI is InChI=1S/C8H7F3N2O2/c9-8(10,11)5-2-1-3-6(13-5)12-4-7(14)15/h1-3H,4H2,(H,12,13)(H,14,15). The summed E-state index contributed by atoms with van der Waals surface area (Å²) in [6.07, 6.45) is -4.53. The zero-order chi connectivity index (χ0) is 11.5. The predicted molar refractivity (Wildman–Crippen MR) is 45.4 cm³/mol. The fourth-order valence-corrected chi connectivity index (χ4v) is 0.857. The molecule has 0 fully saturated rings. The molecule has 0 aliphatic rings. The summed E-state index contributed by atoms with van der Waals surface area (Å²) >= 11 is 0. The molecule has 0 amide bonds. The van der Waals surface area contributed by atoms with Crippen LogP contribution in [0.3, 0.4) is 0 Å². The van der Waals surface area contributed by atoms with E-state index in [0.29, 0.717) is 0 Å². The predicted octanol–water partition coefficient (Wildman–Crippen LogP) is 1.60. The van der Waals surface area contributed by atoms with E-state index in [4.69, 9.17) is 5.11 Å². The molecule has 0 unspecified atom stereocenters. The van der Waals surface area contributed by atoms with Crippen LogP contribution in [-0.2, 0) is 11.0 Å². The molecule has 2 N–H and O–H groups in total. The summed E-state index contributed by atoms with van der Waals surface area (Å²) in [5.41, 5.74) is -1.06. The maximum Gasteiger partial charge on any atom is 0.433 e. The molecule has 0 aliphatic carbocycles. The van der Waals surface area contributed by atoms with E-state index < -0.39 is 24.4 Å². The average Bonchev–Trinajstić information content (AvgIpc) is 2.14. The monoisotopic (exact) mass is 220 g/mol. The Bertz CT molecular complexity index is 365. The molecule has 7 heteroatoms. The van der Waals surface area contributed by atoms with E-state index >= 15 is 0 Å². The average molecular weight is 220 g/mol. The summed E-state index contributed by atoms with van der Waals surface area (Å²) in [6.45, 7) is -0.478. The molecule has 0 aromatic carbocycles. The molecule has 0 spiro atoms. The summed E-state index contributed by atoms with van der Waals surface area (Å²) in [4.78, 5) is 13.4. The second-order valence-corrected chi connectivity index (χ2v) is 2.65. The van der Waals surface area contributed by atoms with Gasteiger partial charge in [0.1, 0.15) is 18.1 Å². The van der Waals surface area contributed by atoms with Crippen LogP contribution in [0.25, 0.3) is 0 Å². The molecule has 0 saturated carbocycles. The number of nitrogens with one attached hydrogen (secondary N) is 1. The van der Waals surface area contributed by atoms with Gasteiger partial charge in [-0.2, -0.15) is 13.2 Å². The minimum atomic E-state index is -4.53. The molecular weight excluding hydrogens is 213 g/mol. The molecule has 1 rings (SSSR count). The Morgan fingerprint density at radius 3 is 2.67 bits per heavy atom. The number of halogens is 3. The highest BCUT2D eigenvalue weighted by Gasteiger charge is 2.32. The summed E-state index contributed by atoms with van der Waals surface area (Å²) in [6, 6.07) is 3.23. The van der Waals surface area contributed by atoms with E-state index in [0.717, 1.165) is 12.1 Å². The number of pyridine rings is 1. The molecule has 4 nitrogen and oxygen atoms in total. The van der Waals surface area contributed by atoms with E-state index in [9.17, 15) is 18.0 Å². The minimum Gasteiger partial charge on any atom is -0.480 e. The van der Waals surface area contributed by atoms with Gasteiger partial charge in [-0.3, -0.25) is 4.79 Å². The first-order chi connectivity index (χ1) is 6.89. The van der Waals surface area contributed by atoms with Crippen molar-refractivity contribution >= 4 is 11.8 Å². The van der Waals surface area contributed by atoms with Crippen molar-refractivity contribution in [3.05, 3.63) is 23.9 Å². The molecule has 0 radical (unpaired) electrons. The Hall–Kier alpha value is -1.79. The van der Waals surface area contributed by atoms with Crippen LogP contribution in [0.4, 0.5) is 19.0 Å². The number of hydrogen-bond acceptors (Lipinski definition) is 3. The van der Waals surface area contributed by atoms with Crippen molar-refractivity contribution in [3.8, 4) is 0 Å². The van der Waals surface area contributed by atoms with Crippen LogP contribution in [0.15, 0.2) is 18.2 Å². The molecule has 15 heavy (non-hydrogen) atoms. The van der Waals surface area contributed by atoms with E-state index in [1.807, 2.05) is 0 Å². The van der Waals surface area contributed by atoms with Gasteiger partial charge in [-0.25, -0.2) is 4.98 Å². The Morgan fingerprint density at radius 1 is 1.47 bits per heavy atom. The quantitative estimate of drug-likeness (QED) is 0.812. The van der Waals surface area contributed by atoms with Crippen molar-refractivity contribution < 1.29 is 23.1 Å². The summed E-state index contributed by atoms with van der Waals surface area (Å²) in [7, 11) is 0. The lowest BCUT2D eigenvalue weighted by Crippen LogP contribution is -2.15. The molecule has 1 aromatic rings. The summed E-state index contributed by atoms with van der Waals surface area (Å²) in [5, 5.41) is 10.5. The number of nitrogens with zero attached hydrogens (tertiary/aromatic N) is 1. The zero-order valence-electron chi connectivity index (χ0n) is 7.38. The number of aliphatic carboxylic acids is 1. The number of carboxylic acids is 1. The first-order valence-electron chi connectivity index (χ1n) is 3.89. The van der Waals surface area contributed by atoms with Gasteiger partial charge in [0.25, 0.3) is 0 Å². The molecule has 1 aromatic heterocycles. The van der Waals surface area contributed by atoms with Crippen LogP contribution in [-0.4, -0.2) is 22.6 Å². The molecular formula is C8H7F3N2O2. The topological polar surface area (TPSA) is 62.2 Å². The minimum absolute atomic E-state index is 0.118. The van der Waals surface area contributed by atoms with Gasteiger partial charge in [0.2, 0.25) is 0 Å². The highest BCUT2D eigenvalue weighted by molar-refractivity contribution is 5.72. The molecule has 1 heterocycles. The number of carboxylic acid groups (broad SMARTS) is 1. The van der Waals surface area contributed by atoms with Crippen molar-refractivity contribution in [2.75, 3.05) is 11.9 Å². The molecule has 0 saturated heterocycles. The SMILES string of the molecule is O=C(O)CNc1cccc(C(F)(F)F)n1. The van der Waals surface area contributed by atoms with Gasteiger partial charge in [0.15, 0.2) is 0 Å². The first-order valence-corrected chi connectivity index (χ1v) is 3.89. The smallest absolute Gasteiger partial charge is 0.433 e. The number of anilines is 1. The van der Waals surface area contributed by atoms with Crippen molar-refractivity contribution in [3.63, 3.8) is 0 Å². The number of aromatic nitrogens is 1. The third-order valence-electron chi connectivity index (χ3n) is 1.46. The Kier molecular flexibility index (Phi) is 3.13. The maximum absolute atomic E-state index is 12.2. The van der Waals surface area contributed by atoms with Gasteiger partial charge in [0, 0.05) is 0 Å². The highest BCUT2D eigenvalue weighted by Crippen LogP contribution is 2.27. The third kappa shape index (κ3) is 3.45. The van der Waals surface area contributed by atoms with Crippen LogP contribution >= 0.6 is 0 Å². The van der Waals surface area contributed by atoms with Gasteiger partial charge in [-0.05, 0) is 12.1 Å². The largest absolute Gasteiger partial charge is 0.480 e. The van der Waals surface area contributed by atoms with Crippen molar-refractivity contribution in [1.29, 1.82) is 0 Å². The Morgan fingerprint density at radius 2 is 2.13 bits per heavy atom. The number of rotatable bonds is 3. The Balaban J connectivity index is 2.79. The van der Waals surface area contributed by atoms with E-state index in [1.165, 1.54) is 6.07 Å².